The zero-order valence-electron chi connectivity index (χ0n) is 12.5. The molecule has 20 heavy (non-hydrogen) atoms. The van der Waals surface area contributed by atoms with Crippen LogP contribution in [-0.2, 0) is 11.3 Å². The summed E-state index contributed by atoms with van der Waals surface area (Å²) in [5.41, 5.74) is 1.03. The molecule has 5 heteroatoms. The fourth-order valence-corrected chi connectivity index (χ4v) is 2.95. The Hall–Kier alpha value is -1.46. The van der Waals surface area contributed by atoms with Gasteiger partial charge in [0.05, 0.1) is 23.3 Å². The van der Waals surface area contributed by atoms with Crippen LogP contribution >= 0.6 is 11.3 Å². The molecule has 0 saturated heterocycles. The van der Waals surface area contributed by atoms with Crippen molar-refractivity contribution in [3.63, 3.8) is 0 Å². The van der Waals surface area contributed by atoms with Gasteiger partial charge in [-0.3, -0.25) is 9.69 Å². The molecule has 0 fully saturated rings. The number of hydrogen-bond donors (Lipinski definition) is 0. The van der Waals surface area contributed by atoms with Crippen LogP contribution in [-0.4, -0.2) is 47.4 Å². The number of benzene rings is 1. The van der Waals surface area contributed by atoms with Gasteiger partial charge in [0, 0.05) is 13.1 Å². The maximum atomic E-state index is 12.0. The highest BCUT2D eigenvalue weighted by atomic mass is 32.1. The van der Waals surface area contributed by atoms with E-state index in [1.807, 2.05) is 51.0 Å². The Morgan fingerprint density at radius 1 is 1.30 bits per heavy atom. The highest BCUT2D eigenvalue weighted by Crippen LogP contribution is 2.22. The number of aromatic nitrogens is 1. The lowest BCUT2D eigenvalue weighted by Gasteiger charge is -2.24. The molecule has 1 aromatic heterocycles. The lowest BCUT2D eigenvalue weighted by Crippen LogP contribution is -2.39. The minimum Gasteiger partial charge on any atom is -0.342 e. The zero-order valence-corrected chi connectivity index (χ0v) is 13.3. The Morgan fingerprint density at radius 3 is 2.65 bits per heavy atom. The molecule has 0 atom stereocenters. The van der Waals surface area contributed by atoms with Gasteiger partial charge in [0.2, 0.25) is 5.91 Å². The molecular formula is C15H21N3OS. The minimum atomic E-state index is 0.142. The quantitative estimate of drug-likeness (QED) is 0.849. The van der Waals surface area contributed by atoms with Gasteiger partial charge in [-0.25, -0.2) is 4.98 Å². The summed E-state index contributed by atoms with van der Waals surface area (Å²) >= 11 is 1.69. The van der Waals surface area contributed by atoms with Crippen LogP contribution in [0.1, 0.15) is 18.9 Å². The smallest absolute Gasteiger partial charge is 0.236 e. The molecule has 0 radical (unpaired) electrons. The van der Waals surface area contributed by atoms with Gasteiger partial charge >= 0.3 is 0 Å². The number of para-hydroxylation sites is 1. The average Bonchev–Trinajstić information content (AvgIpc) is 2.79. The number of likely N-dealkylation sites (N-methyl/N-ethyl adjacent to an activating group) is 2. The zero-order chi connectivity index (χ0) is 14.7. The molecular weight excluding hydrogens is 270 g/mol. The minimum absolute atomic E-state index is 0.142. The predicted molar refractivity (Wildman–Crippen MR) is 83.9 cm³/mol. The van der Waals surface area contributed by atoms with E-state index in [-0.39, 0.29) is 11.9 Å². The van der Waals surface area contributed by atoms with Crippen molar-refractivity contribution in [1.82, 2.24) is 14.8 Å². The van der Waals surface area contributed by atoms with Crippen molar-refractivity contribution in [1.29, 1.82) is 0 Å². The molecule has 0 aliphatic heterocycles. The summed E-state index contributed by atoms with van der Waals surface area (Å²) in [6, 6.07) is 8.35. The van der Waals surface area contributed by atoms with Gasteiger partial charge < -0.3 is 4.90 Å². The summed E-state index contributed by atoms with van der Waals surface area (Å²) in [6.45, 7) is 5.17. The molecule has 1 heterocycles. The van der Waals surface area contributed by atoms with Crippen molar-refractivity contribution in [2.24, 2.45) is 0 Å². The highest BCUT2D eigenvalue weighted by molar-refractivity contribution is 7.18. The molecule has 108 valence electrons. The first-order chi connectivity index (χ1) is 9.47. The molecule has 0 spiro atoms. The van der Waals surface area contributed by atoms with E-state index in [9.17, 15) is 4.79 Å². The van der Waals surface area contributed by atoms with E-state index < -0.39 is 0 Å². The number of thiazole rings is 1. The Labute approximate surface area is 124 Å². The summed E-state index contributed by atoms with van der Waals surface area (Å²) in [6.07, 6.45) is 0. The third kappa shape index (κ3) is 3.55. The van der Waals surface area contributed by atoms with E-state index in [2.05, 4.69) is 11.1 Å². The Morgan fingerprint density at radius 2 is 2.00 bits per heavy atom. The molecule has 0 unspecified atom stereocenters. The van der Waals surface area contributed by atoms with Crippen LogP contribution in [0.5, 0.6) is 0 Å². The van der Waals surface area contributed by atoms with Crippen LogP contribution in [0.2, 0.25) is 0 Å². The SMILES string of the molecule is CC(C)N(C)C(=O)CN(C)Cc1nc2ccccc2s1. The van der Waals surface area contributed by atoms with Crippen LogP contribution in [0.15, 0.2) is 24.3 Å². The van der Waals surface area contributed by atoms with Crippen LogP contribution in [0.25, 0.3) is 10.2 Å². The second-order valence-electron chi connectivity index (χ2n) is 5.35. The Balaban J connectivity index is 1.97. The number of rotatable bonds is 5. The van der Waals surface area contributed by atoms with Crippen molar-refractivity contribution in [3.05, 3.63) is 29.3 Å². The molecule has 0 N–H and O–H groups in total. The highest BCUT2D eigenvalue weighted by Gasteiger charge is 2.15. The lowest BCUT2D eigenvalue weighted by atomic mass is 10.3. The molecule has 0 saturated carbocycles. The van der Waals surface area contributed by atoms with Crippen LogP contribution in [0.3, 0.4) is 0 Å². The fraction of sp³-hybridized carbons (Fsp3) is 0.467. The molecule has 0 aliphatic rings. The van der Waals surface area contributed by atoms with E-state index in [4.69, 9.17) is 0 Å². The maximum Gasteiger partial charge on any atom is 0.236 e. The van der Waals surface area contributed by atoms with Gasteiger partial charge in [0.1, 0.15) is 5.01 Å². The molecule has 4 nitrogen and oxygen atoms in total. The first-order valence-electron chi connectivity index (χ1n) is 6.76. The van der Waals surface area contributed by atoms with Crippen LogP contribution < -0.4 is 0 Å². The van der Waals surface area contributed by atoms with Crippen molar-refractivity contribution in [2.75, 3.05) is 20.6 Å². The van der Waals surface area contributed by atoms with Crippen molar-refractivity contribution in [3.8, 4) is 0 Å². The number of hydrogen-bond acceptors (Lipinski definition) is 4. The van der Waals surface area contributed by atoms with Crippen molar-refractivity contribution in [2.45, 2.75) is 26.4 Å². The number of nitrogens with zero attached hydrogens (tertiary/aromatic N) is 3. The van der Waals surface area contributed by atoms with Gasteiger partial charge in [-0.1, -0.05) is 12.1 Å². The maximum absolute atomic E-state index is 12.0. The van der Waals surface area contributed by atoms with Crippen LogP contribution in [0, 0.1) is 0 Å². The molecule has 1 aromatic carbocycles. The summed E-state index contributed by atoms with van der Waals surface area (Å²) in [5.74, 6) is 0.142. The van der Waals surface area contributed by atoms with E-state index in [0.29, 0.717) is 13.1 Å². The lowest BCUT2D eigenvalue weighted by molar-refractivity contribution is -0.132. The molecule has 2 rings (SSSR count). The first-order valence-corrected chi connectivity index (χ1v) is 7.57. The Bertz CT molecular complexity index is 561. The first kappa shape index (κ1) is 14.9. The largest absolute Gasteiger partial charge is 0.342 e. The third-order valence-corrected chi connectivity index (χ3v) is 4.34. The summed E-state index contributed by atoms with van der Waals surface area (Å²) in [7, 11) is 3.80. The van der Waals surface area contributed by atoms with Gasteiger partial charge in [-0.15, -0.1) is 11.3 Å². The standard InChI is InChI=1S/C15H21N3OS/c1-11(2)18(4)15(19)10-17(3)9-14-16-12-7-5-6-8-13(12)20-14/h5-8,11H,9-10H2,1-4H3. The summed E-state index contributed by atoms with van der Waals surface area (Å²) in [5, 5.41) is 1.05. The average molecular weight is 291 g/mol. The van der Waals surface area contributed by atoms with E-state index in [1.54, 1.807) is 16.2 Å². The monoisotopic (exact) mass is 291 g/mol. The fourth-order valence-electron chi connectivity index (χ4n) is 1.90. The van der Waals surface area contributed by atoms with Crippen LogP contribution in [0.4, 0.5) is 0 Å². The topological polar surface area (TPSA) is 36.4 Å². The molecule has 0 bridgehead atoms. The molecule has 0 aliphatic carbocycles. The van der Waals surface area contributed by atoms with E-state index in [0.717, 1.165) is 10.5 Å². The number of fused-ring (bicyclic) bond motifs is 1. The molecule has 2 aromatic rings. The summed E-state index contributed by atoms with van der Waals surface area (Å²) < 4.78 is 1.20. The van der Waals surface area contributed by atoms with Gasteiger partial charge in [-0.05, 0) is 33.0 Å². The normalized spacial score (nSPS) is 11.5. The van der Waals surface area contributed by atoms with E-state index >= 15 is 0 Å². The van der Waals surface area contributed by atoms with Crippen molar-refractivity contribution >= 4 is 27.5 Å². The number of carbonyl (C=O) groups is 1. The molecule has 1 amide bonds. The van der Waals surface area contributed by atoms with Gasteiger partial charge in [0.15, 0.2) is 0 Å². The van der Waals surface area contributed by atoms with Gasteiger partial charge in [0.25, 0.3) is 0 Å². The Kier molecular flexibility index (Phi) is 4.73. The van der Waals surface area contributed by atoms with Gasteiger partial charge in [-0.2, -0.15) is 0 Å². The van der Waals surface area contributed by atoms with Crippen molar-refractivity contribution < 1.29 is 4.79 Å². The second kappa shape index (κ2) is 6.33. The number of amides is 1. The van der Waals surface area contributed by atoms with E-state index in [1.165, 1.54) is 4.70 Å². The summed E-state index contributed by atoms with van der Waals surface area (Å²) in [4.78, 5) is 20.4. The number of carbonyl (C=O) groups excluding carboxylic acids is 1. The second-order valence-corrected chi connectivity index (χ2v) is 6.46. The third-order valence-electron chi connectivity index (χ3n) is 3.32. The predicted octanol–water partition coefficient (Wildman–Crippen LogP) is 2.59.